The molecular formula is C13H23N3O2S2. The molecule has 1 aliphatic carbocycles. The smallest absolute Gasteiger partial charge is 0.279 e. The van der Waals surface area contributed by atoms with Gasteiger partial charge in [-0.3, -0.25) is 0 Å². The van der Waals surface area contributed by atoms with E-state index in [1.165, 1.54) is 22.0 Å². The highest BCUT2D eigenvalue weighted by molar-refractivity contribution is 7.87. The van der Waals surface area contributed by atoms with Crippen LogP contribution in [-0.4, -0.2) is 45.4 Å². The van der Waals surface area contributed by atoms with Crippen molar-refractivity contribution in [3.8, 4) is 0 Å². The van der Waals surface area contributed by atoms with Crippen LogP contribution >= 0.6 is 11.3 Å². The summed E-state index contributed by atoms with van der Waals surface area (Å²) in [5, 5.41) is 5.39. The van der Waals surface area contributed by atoms with E-state index >= 15 is 0 Å². The average molecular weight is 317 g/mol. The third-order valence-corrected chi connectivity index (χ3v) is 5.81. The average Bonchev–Trinajstić information content (AvgIpc) is 3.09. The summed E-state index contributed by atoms with van der Waals surface area (Å²) in [6.45, 7) is 1.89. The fourth-order valence-corrected chi connectivity index (χ4v) is 3.54. The Kier molecular flexibility index (Phi) is 5.98. The Balaban J connectivity index is 1.62. The van der Waals surface area contributed by atoms with E-state index in [1.54, 1.807) is 18.4 Å². The molecule has 1 aliphatic rings. The van der Waals surface area contributed by atoms with Crippen molar-refractivity contribution < 1.29 is 8.42 Å². The summed E-state index contributed by atoms with van der Waals surface area (Å²) in [7, 11) is -1.71. The summed E-state index contributed by atoms with van der Waals surface area (Å²) in [5.74, 6) is 0. The molecule has 2 N–H and O–H groups in total. The molecule has 1 aromatic heterocycles. The van der Waals surface area contributed by atoms with Crippen molar-refractivity contribution in [3.05, 3.63) is 22.4 Å². The predicted molar refractivity (Wildman–Crippen MR) is 83.2 cm³/mol. The normalized spacial score (nSPS) is 15.9. The van der Waals surface area contributed by atoms with Gasteiger partial charge in [-0.25, -0.2) is 4.72 Å². The third kappa shape index (κ3) is 5.49. The lowest BCUT2D eigenvalue weighted by Gasteiger charge is -2.17. The van der Waals surface area contributed by atoms with Crippen LogP contribution in [0.4, 0.5) is 0 Å². The van der Waals surface area contributed by atoms with E-state index in [0.29, 0.717) is 19.1 Å². The maximum Gasteiger partial charge on any atom is 0.279 e. The van der Waals surface area contributed by atoms with E-state index in [4.69, 9.17) is 0 Å². The monoisotopic (exact) mass is 317 g/mol. The van der Waals surface area contributed by atoms with Crippen LogP contribution in [0.3, 0.4) is 0 Å². The van der Waals surface area contributed by atoms with Crippen LogP contribution in [0.2, 0.25) is 0 Å². The zero-order valence-electron chi connectivity index (χ0n) is 11.8. The number of thiophene rings is 1. The first-order valence-corrected chi connectivity index (χ1v) is 9.36. The first-order valence-electron chi connectivity index (χ1n) is 7.04. The van der Waals surface area contributed by atoms with Crippen LogP contribution in [-0.2, 0) is 16.6 Å². The van der Waals surface area contributed by atoms with Crippen LogP contribution in [0.15, 0.2) is 17.5 Å². The van der Waals surface area contributed by atoms with Crippen molar-refractivity contribution in [2.75, 3.05) is 26.7 Å². The maximum absolute atomic E-state index is 12.0. The molecule has 0 unspecified atom stereocenters. The molecule has 0 spiro atoms. The van der Waals surface area contributed by atoms with E-state index in [2.05, 4.69) is 10.0 Å². The van der Waals surface area contributed by atoms with Gasteiger partial charge >= 0.3 is 0 Å². The van der Waals surface area contributed by atoms with Gasteiger partial charge in [0.2, 0.25) is 0 Å². The van der Waals surface area contributed by atoms with Crippen molar-refractivity contribution in [2.24, 2.45) is 0 Å². The van der Waals surface area contributed by atoms with Crippen molar-refractivity contribution in [1.29, 1.82) is 0 Å². The van der Waals surface area contributed by atoms with Crippen LogP contribution in [0.25, 0.3) is 0 Å². The zero-order chi connectivity index (χ0) is 14.4. The van der Waals surface area contributed by atoms with Gasteiger partial charge in [0.05, 0.1) is 0 Å². The lowest BCUT2D eigenvalue weighted by Crippen LogP contribution is -2.40. The lowest BCUT2D eigenvalue weighted by atomic mass is 10.3. The summed E-state index contributed by atoms with van der Waals surface area (Å²) in [6, 6.07) is 4.68. The van der Waals surface area contributed by atoms with Crippen LogP contribution < -0.4 is 10.0 Å². The van der Waals surface area contributed by atoms with E-state index in [-0.39, 0.29) is 0 Å². The molecule has 1 aromatic rings. The van der Waals surface area contributed by atoms with E-state index < -0.39 is 10.2 Å². The van der Waals surface area contributed by atoms with Crippen LogP contribution in [0, 0.1) is 0 Å². The van der Waals surface area contributed by atoms with E-state index in [9.17, 15) is 8.42 Å². The minimum absolute atomic E-state index is 0.452. The van der Waals surface area contributed by atoms with E-state index in [1.807, 2.05) is 17.5 Å². The molecular weight excluding hydrogens is 294 g/mol. The zero-order valence-corrected chi connectivity index (χ0v) is 13.5. The van der Waals surface area contributed by atoms with Gasteiger partial charge < -0.3 is 5.32 Å². The highest BCUT2D eigenvalue weighted by Crippen LogP contribution is 2.18. The molecule has 0 bridgehead atoms. The summed E-state index contributed by atoms with van der Waals surface area (Å²) in [6.07, 6.45) is 4.11. The van der Waals surface area contributed by atoms with Crippen molar-refractivity contribution in [1.82, 2.24) is 14.3 Å². The fourth-order valence-electron chi connectivity index (χ4n) is 1.88. The Hall–Kier alpha value is -0.470. The number of nitrogens with zero attached hydrogens (tertiary/aromatic N) is 1. The molecule has 0 radical (unpaired) electrons. The van der Waals surface area contributed by atoms with Gasteiger partial charge in [-0.15, -0.1) is 11.3 Å². The Morgan fingerprint density at radius 2 is 2.20 bits per heavy atom. The molecule has 5 nitrogen and oxygen atoms in total. The topological polar surface area (TPSA) is 61.4 Å². The van der Waals surface area contributed by atoms with E-state index in [0.717, 1.165) is 19.4 Å². The maximum atomic E-state index is 12.0. The molecule has 0 atom stereocenters. The van der Waals surface area contributed by atoms with Gasteiger partial charge in [-0.05, 0) is 43.7 Å². The molecule has 20 heavy (non-hydrogen) atoms. The summed E-state index contributed by atoms with van der Waals surface area (Å²) >= 11 is 1.65. The van der Waals surface area contributed by atoms with Gasteiger partial charge in [0.25, 0.3) is 10.2 Å². The van der Waals surface area contributed by atoms with Crippen LogP contribution in [0.5, 0.6) is 0 Å². The molecule has 0 amide bonds. The molecule has 0 aliphatic heterocycles. The molecule has 1 fully saturated rings. The predicted octanol–water partition coefficient (Wildman–Crippen LogP) is 1.20. The molecule has 1 saturated carbocycles. The third-order valence-electron chi connectivity index (χ3n) is 3.31. The minimum Gasteiger partial charge on any atom is -0.314 e. The Morgan fingerprint density at radius 1 is 1.40 bits per heavy atom. The van der Waals surface area contributed by atoms with Gasteiger partial charge in [0.1, 0.15) is 0 Å². The first kappa shape index (κ1) is 15.9. The van der Waals surface area contributed by atoms with Gasteiger partial charge in [0.15, 0.2) is 0 Å². The fraction of sp³-hybridized carbons (Fsp3) is 0.692. The Bertz CT molecular complexity index is 484. The molecule has 114 valence electrons. The quantitative estimate of drug-likeness (QED) is 0.638. The summed E-state index contributed by atoms with van der Waals surface area (Å²) in [4.78, 5) is 1.20. The Morgan fingerprint density at radius 3 is 2.85 bits per heavy atom. The SMILES string of the molecule is CN(CCCNC1CC1)S(=O)(=O)NCCc1cccs1. The standard InChI is InChI=1S/C13H23N3O2S2/c1-16(10-3-8-14-12-5-6-12)20(17,18)15-9-7-13-4-2-11-19-13/h2,4,11-12,14-15H,3,5-10H2,1H3. The number of hydrogen-bond donors (Lipinski definition) is 2. The first-order chi connectivity index (χ1) is 9.58. The lowest BCUT2D eigenvalue weighted by molar-refractivity contribution is 0.444. The summed E-state index contributed by atoms with van der Waals surface area (Å²) in [5.41, 5.74) is 0. The largest absolute Gasteiger partial charge is 0.314 e. The molecule has 1 heterocycles. The second-order valence-electron chi connectivity index (χ2n) is 5.13. The molecule has 0 aromatic carbocycles. The summed E-state index contributed by atoms with van der Waals surface area (Å²) < 4.78 is 28.0. The number of hydrogen-bond acceptors (Lipinski definition) is 4. The molecule has 0 saturated heterocycles. The van der Waals surface area contributed by atoms with Crippen molar-refractivity contribution >= 4 is 21.5 Å². The van der Waals surface area contributed by atoms with Crippen molar-refractivity contribution in [3.63, 3.8) is 0 Å². The second kappa shape index (κ2) is 7.51. The van der Waals surface area contributed by atoms with Gasteiger partial charge in [-0.1, -0.05) is 6.07 Å². The van der Waals surface area contributed by atoms with Crippen molar-refractivity contribution in [2.45, 2.75) is 31.7 Å². The highest BCUT2D eigenvalue weighted by atomic mass is 32.2. The number of nitrogens with one attached hydrogen (secondary N) is 2. The van der Waals surface area contributed by atoms with Crippen LogP contribution in [0.1, 0.15) is 24.1 Å². The second-order valence-corrected chi connectivity index (χ2v) is 8.03. The minimum atomic E-state index is -3.34. The molecule has 7 heteroatoms. The van der Waals surface area contributed by atoms with Gasteiger partial charge in [0, 0.05) is 31.1 Å². The number of rotatable bonds is 10. The Labute approximate surface area is 125 Å². The molecule has 2 rings (SSSR count). The van der Waals surface area contributed by atoms with Gasteiger partial charge in [-0.2, -0.15) is 12.7 Å². The highest BCUT2D eigenvalue weighted by Gasteiger charge is 2.20.